The molecule has 1 unspecified atom stereocenters. The number of carboxylic acid groups (broad SMARTS) is 1. The predicted molar refractivity (Wildman–Crippen MR) is 76.1 cm³/mol. The third-order valence-electron chi connectivity index (χ3n) is 2.75. The van der Waals surface area contributed by atoms with Crippen LogP contribution in [0.25, 0.3) is 0 Å². The minimum Gasteiger partial charge on any atom is -0.481 e. The van der Waals surface area contributed by atoms with E-state index in [-0.39, 0.29) is 12.3 Å². The normalized spacial score (nSPS) is 12.6. The molecule has 19 heavy (non-hydrogen) atoms. The molecule has 0 bridgehead atoms. The Hall–Kier alpha value is -1.84. The van der Waals surface area contributed by atoms with Gasteiger partial charge in [0.15, 0.2) is 0 Å². The van der Waals surface area contributed by atoms with Crippen molar-refractivity contribution < 1.29 is 14.7 Å². The summed E-state index contributed by atoms with van der Waals surface area (Å²) in [5.41, 5.74) is -0.309. The van der Waals surface area contributed by atoms with E-state index in [1.165, 1.54) is 0 Å². The average molecular weight is 265 g/mol. The Labute approximate surface area is 114 Å². The molecule has 106 valence electrons. The second-order valence-corrected chi connectivity index (χ2v) is 4.13. The van der Waals surface area contributed by atoms with Crippen LogP contribution in [0.5, 0.6) is 0 Å². The molecule has 1 aromatic rings. The van der Waals surface area contributed by atoms with Crippen molar-refractivity contribution in [2.24, 2.45) is 0 Å². The van der Waals surface area contributed by atoms with Gasteiger partial charge in [0.05, 0.1) is 11.8 Å². The first kappa shape index (κ1) is 17.2. The van der Waals surface area contributed by atoms with Gasteiger partial charge in [-0.25, -0.2) is 0 Å². The van der Waals surface area contributed by atoms with Crippen molar-refractivity contribution in [2.75, 3.05) is 6.54 Å². The van der Waals surface area contributed by atoms with E-state index in [0.717, 1.165) is 0 Å². The smallest absolute Gasteiger partial charge is 0.304 e. The summed E-state index contributed by atoms with van der Waals surface area (Å²) in [4.78, 5) is 22.9. The topological polar surface area (TPSA) is 66.4 Å². The Bertz CT molecular complexity index is 403. The standard InChI is InChI=1S/C13H17NO3.C2H6/c1-3-14-12(17)13(2,9-11(15)16)10-7-5-4-6-8-10;1-2/h4-8H,3,9H2,1-2H3,(H,14,17)(H,15,16);1-2H3. The zero-order valence-corrected chi connectivity index (χ0v) is 12.1. The third kappa shape index (κ3) is 4.73. The van der Waals surface area contributed by atoms with Crippen molar-refractivity contribution in [3.8, 4) is 0 Å². The summed E-state index contributed by atoms with van der Waals surface area (Å²) in [6.45, 7) is 7.95. The fraction of sp³-hybridized carbons (Fsp3) is 0.467. The molecule has 0 fully saturated rings. The SMILES string of the molecule is CC.CCNC(=O)C(C)(CC(=O)O)c1ccccc1. The van der Waals surface area contributed by atoms with Crippen molar-refractivity contribution in [3.63, 3.8) is 0 Å². The van der Waals surface area contributed by atoms with Crippen LogP contribution in [0.3, 0.4) is 0 Å². The molecule has 0 heterocycles. The Morgan fingerprint density at radius 3 is 2.16 bits per heavy atom. The zero-order chi connectivity index (χ0) is 14.9. The predicted octanol–water partition coefficient (Wildman–Crippen LogP) is 2.58. The number of hydrogen-bond acceptors (Lipinski definition) is 2. The number of carbonyl (C=O) groups excluding carboxylic acids is 1. The highest BCUT2D eigenvalue weighted by Crippen LogP contribution is 2.27. The Morgan fingerprint density at radius 1 is 1.21 bits per heavy atom. The van der Waals surface area contributed by atoms with Gasteiger partial charge < -0.3 is 10.4 Å². The monoisotopic (exact) mass is 265 g/mol. The Morgan fingerprint density at radius 2 is 1.74 bits per heavy atom. The van der Waals surface area contributed by atoms with Gasteiger partial charge in [-0.05, 0) is 19.4 Å². The lowest BCUT2D eigenvalue weighted by Crippen LogP contribution is -2.43. The number of nitrogens with one attached hydrogen (secondary N) is 1. The van der Waals surface area contributed by atoms with Crippen molar-refractivity contribution in [1.29, 1.82) is 0 Å². The molecular formula is C15H23NO3. The highest BCUT2D eigenvalue weighted by Gasteiger charge is 2.37. The maximum absolute atomic E-state index is 12.0. The van der Waals surface area contributed by atoms with E-state index < -0.39 is 11.4 Å². The second-order valence-electron chi connectivity index (χ2n) is 4.13. The molecule has 0 saturated heterocycles. The molecule has 1 amide bonds. The minimum absolute atomic E-state index is 0.219. The summed E-state index contributed by atoms with van der Waals surface area (Å²) in [6, 6.07) is 8.99. The van der Waals surface area contributed by atoms with Crippen LogP contribution in [0.4, 0.5) is 0 Å². The number of carbonyl (C=O) groups is 2. The quantitative estimate of drug-likeness (QED) is 0.860. The summed E-state index contributed by atoms with van der Waals surface area (Å²) in [7, 11) is 0. The maximum atomic E-state index is 12.0. The zero-order valence-electron chi connectivity index (χ0n) is 12.1. The van der Waals surface area contributed by atoms with Gasteiger partial charge in [0, 0.05) is 6.54 Å². The number of hydrogen-bond donors (Lipinski definition) is 2. The molecule has 2 N–H and O–H groups in total. The first-order chi connectivity index (χ1) is 9.00. The average Bonchev–Trinajstić information content (AvgIpc) is 2.41. The van der Waals surface area contributed by atoms with Crippen LogP contribution in [0.2, 0.25) is 0 Å². The van der Waals surface area contributed by atoms with Gasteiger partial charge in [0.1, 0.15) is 0 Å². The molecule has 1 aromatic carbocycles. The minimum atomic E-state index is -1.02. The summed E-state index contributed by atoms with van der Waals surface area (Å²) < 4.78 is 0. The van der Waals surface area contributed by atoms with Crippen LogP contribution in [-0.2, 0) is 15.0 Å². The highest BCUT2D eigenvalue weighted by atomic mass is 16.4. The van der Waals surface area contributed by atoms with Crippen molar-refractivity contribution >= 4 is 11.9 Å². The molecule has 0 saturated carbocycles. The van der Waals surface area contributed by atoms with E-state index in [2.05, 4.69) is 5.32 Å². The number of carboxylic acids is 1. The van der Waals surface area contributed by atoms with Crippen molar-refractivity contribution in [2.45, 2.75) is 39.5 Å². The van der Waals surface area contributed by atoms with Crippen LogP contribution < -0.4 is 5.32 Å². The summed E-state index contributed by atoms with van der Waals surface area (Å²) in [6.07, 6.45) is -0.219. The van der Waals surface area contributed by atoms with Crippen LogP contribution >= 0.6 is 0 Å². The molecule has 0 aliphatic carbocycles. The Balaban J connectivity index is 0.00000154. The molecule has 0 aliphatic rings. The molecule has 4 nitrogen and oxygen atoms in total. The van der Waals surface area contributed by atoms with E-state index in [4.69, 9.17) is 5.11 Å². The van der Waals surface area contributed by atoms with Crippen LogP contribution in [-0.4, -0.2) is 23.5 Å². The first-order valence-corrected chi connectivity index (χ1v) is 6.56. The fourth-order valence-electron chi connectivity index (χ4n) is 1.78. The van der Waals surface area contributed by atoms with Crippen molar-refractivity contribution in [3.05, 3.63) is 35.9 Å². The lowest BCUT2D eigenvalue weighted by atomic mass is 9.78. The number of benzene rings is 1. The van der Waals surface area contributed by atoms with Crippen LogP contribution in [0.15, 0.2) is 30.3 Å². The lowest BCUT2D eigenvalue weighted by Gasteiger charge is -2.27. The van der Waals surface area contributed by atoms with Gasteiger partial charge in [0.25, 0.3) is 0 Å². The maximum Gasteiger partial charge on any atom is 0.304 e. The van der Waals surface area contributed by atoms with E-state index in [1.54, 1.807) is 31.2 Å². The van der Waals surface area contributed by atoms with Gasteiger partial charge in [-0.2, -0.15) is 0 Å². The molecule has 0 spiro atoms. The van der Waals surface area contributed by atoms with E-state index in [0.29, 0.717) is 12.1 Å². The first-order valence-electron chi connectivity index (χ1n) is 6.56. The van der Waals surface area contributed by atoms with Crippen molar-refractivity contribution in [1.82, 2.24) is 5.32 Å². The number of likely N-dealkylation sites (N-methyl/N-ethyl adjacent to an activating group) is 1. The number of aliphatic carboxylic acids is 1. The molecule has 0 radical (unpaired) electrons. The number of rotatable bonds is 5. The fourth-order valence-corrected chi connectivity index (χ4v) is 1.78. The van der Waals surface area contributed by atoms with E-state index >= 15 is 0 Å². The van der Waals surface area contributed by atoms with Gasteiger partial charge in [0.2, 0.25) is 5.91 Å². The van der Waals surface area contributed by atoms with Gasteiger partial charge in [-0.1, -0.05) is 44.2 Å². The van der Waals surface area contributed by atoms with Gasteiger partial charge in [-0.3, -0.25) is 9.59 Å². The largest absolute Gasteiger partial charge is 0.481 e. The van der Waals surface area contributed by atoms with Crippen LogP contribution in [0.1, 0.15) is 39.7 Å². The lowest BCUT2D eigenvalue weighted by molar-refractivity contribution is -0.141. The number of amides is 1. The summed E-state index contributed by atoms with van der Waals surface area (Å²) in [5, 5.41) is 11.6. The van der Waals surface area contributed by atoms with Gasteiger partial charge in [-0.15, -0.1) is 0 Å². The third-order valence-corrected chi connectivity index (χ3v) is 2.75. The molecule has 0 aromatic heterocycles. The van der Waals surface area contributed by atoms with E-state index in [9.17, 15) is 9.59 Å². The summed E-state index contributed by atoms with van der Waals surface area (Å²) >= 11 is 0. The molecule has 0 aliphatic heterocycles. The molecule has 1 rings (SSSR count). The molecule has 4 heteroatoms. The second kappa shape index (κ2) is 8.29. The highest BCUT2D eigenvalue weighted by molar-refractivity contribution is 5.91. The summed E-state index contributed by atoms with van der Waals surface area (Å²) in [5.74, 6) is -1.24. The van der Waals surface area contributed by atoms with E-state index in [1.807, 2.05) is 26.8 Å². The van der Waals surface area contributed by atoms with Crippen LogP contribution in [0, 0.1) is 0 Å². The Kier molecular flexibility index (Phi) is 7.49. The molecule has 1 atom stereocenters. The van der Waals surface area contributed by atoms with Gasteiger partial charge >= 0.3 is 5.97 Å². The molecular weight excluding hydrogens is 242 g/mol.